The maximum absolute atomic E-state index is 13.9. The smallest absolute Gasteiger partial charge is 0.135 e. The second kappa shape index (κ2) is 16.9. The third-order valence-corrected chi connectivity index (χ3v) is 13.1. The molecular formula is C40H60O13. The summed E-state index contributed by atoms with van der Waals surface area (Å²) in [6, 6.07) is 0. The molecular weight excluding hydrogens is 688 g/mol. The third kappa shape index (κ3) is 8.56. The van der Waals surface area contributed by atoms with Gasteiger partial charge in [-0.1, -0.05) is 20.1 Å². The van der Waals surface area contributed by atoms with Gasteiger partial charge in [0.15, 0.2) is 0 Å². The van der Waals surface area contributed by atoms with E-state index < -0.39 is 79.9 Å². The van der Waals surface area contributed by atoms with Crippen molar-refractivity contribution in [3.8, 4) is 0 Å². The minimum atomic E-state index is -1.10. The van der Waals surface area contributed by atoms with Crippen LogP contribution in [0, 0.1) is 11.8 Å². The molecule has 7 aliphatic heterocycles. The fraction of sp³-hybridized carbons (Fsp3) is 0.850. The zero-order chi connectivity index (χ0) is 37.6. The molecule has 0 aromatic rings. The Kier molecular flexibility index (Phi) is 12.6. The number of aliphatic hydroxyl groups is 4. The van der Waals surface area contributed by atoms with E-state index in [1.807, 2.05) is 0 Å². The van der Waals surface area contributed by atoms with Gasteiger partial charge in [0.25, 0.3) is 0 Å². The van der Waals surface area contributed by atoms with Gasteiger partial charge < -0.3 is 53.6 Å². The van der Waals surface area contributed by atoms with E-state index >= 15 is 0 Å². The molecule has 7 rings (SSSR count). The Bertz CT molecular complexity index is 1340. The van der Waals surface area contributed by atoms with Crippen LogP contribution in [0.25, 0.3) is 0 Å². The number of fused-ring (bicyclic) bond motifs is 7. The first kappa shape index (κ1) is 39.6. The largest absolute Gasteiger partial charge is 0.394 e. The van der Waals surface area contributed by atoms with Gasteiger partial charge in [-0.05, 0) is 62.0 Å². The summed E-state index contributed by atoms with van der Waals surface area (Å²) in [5, 5.41) is 42.6. The molecule has 0 aromatic carbocycles. The summed E-state index contributed by atoms with van der Waals surface area (Å²) >= 11 is 0. The third-order valence-electron chi connectivity index (χ3n) is 13.1. The molecule has 0 aliphatic carbocycles. The van der Waals surface area contributed by atoms with Gasteiger partial charge in [-0.25, -0.2) is 0 Å². The van der Waals surface area contributed by atoms with Crippen molar-refractivity contribution in [1.82, 2.24) is 0 Å². The molecule has 7 aliphatic rings. The van der Waals surface area contributed by atoms with Gasteiger partial charge in [0, 0.05) is 51.6 Å². The van der Waals surface area contributed by atoms with E-state index in [4.69, 9.17) is 33.2 Å². The first-order valence-corrected chi connectivity index (χ1v) is 19.9. The molecule has 18 atom stereocenters. The van der Waals surface area contributed by atoms with E-state index in [9.17, 15) is 30.0 Å². The monoisotopic (exact) mass is 748 g/mol. The van der Waals surface area contributed by atoms with E-state index in [0.717, 1.165) is 30.4 Å². The van der Waals surface area contributed by atoms with Gasteiger partial charge in [0.05, 0.1) is 73.8 Å². The number of ketones is 2. The van der Waals surface area contributed by atoms with Crippen molar-refractivity contribution in [2.45, 2.75) is 188 Å². The molecule has 8 bridgehead atoms. The highest BCUT2D eigenvalue weighted by Gasteiger charge is 2.57. The minimum absolute atomic E-state index is 0.00643. The summed E-state index contributed by atoms with van der Waals surface area (Å²) in [6.07, 6.45) is -3.55. The number of carbonyl (C=O) groups excluding carboxylic acids is 2. The number of carbonyl (C=O) groups is 2. The summed E-state index contributed by atoms with van der Waals surface area (Å²) in [7, 11) is 1.58. The molecule has 11 unspecified atom stereocenters. The number of Topliss-reactive ketones (excluding diaryl/α,β-unsaturated/α-hetero) is 2. The van der Waals surface area contributed by atoms with Crippen molar-refractivity contribution in [1.29, 1.82) is 0 Å². The molecule has 53 heavy (non-hydrogen) atoms. The highest BCUT2D eigenvalue weighted by molar-refractivity contribution is 5.79. The zero-order valence-electron chi connectivity index (χ0n) is 31.2. The number of ether oxygens (including phenoxy) is 7. The first-order valence-electron chi connectivity index (χ1n) is 19.9. The Morgan fingerprint density at radius 3 is 2.23 bits per heavy atom. The van der Waals surface area contributed by atoms with E-state index in [1.54, 1.807) is 7.11 Å². The molecule has 0 aromatic heterocycles. The molecule has 7 fully saturated rings. The maximum atomic E-state index is 13.9. The summed E-state index contributed by atoms with van der Waals surface area (Å²) in [4.78, 5) is 27.0. The Hall–Kier alpha value is -1.62. The molecule has 0 spiro atoms. The Morgan fingerprint density at radius 1 is 0.736 bits per heavy atom. The summed E-state index contributed by atoms with van der Waals surface area (Å²) in [5.74, 6) is -0.221. The summed E-state index contributed by atoms with van der Waals surface area (Å²) in [5.41, 5.74) is 2.00. The number of hydrogen-bond donors (Lipinski definition) is 4. The van der Waals surface area contributed by atoms with Crippen molar-refractivity contribution >= 4 is 11.6 Å². The first-order chi connectivity index (χ1) is 25.4. The predicted octanol–water partition coefficient (Wildman–Crippen LogP) is 2.27. The lowest BCUT2D eigenvalue weighted by molar-refractivity contribution is -0.259. The van der Waals surface area contributed by atoms with Crippen molar-refractivity contribution < 1.29 is 63.2 Å². The van der Waals surface area contributed by atoms with Crippen molar-refractivity contribution in [3.63, 3.8) is 0 Å². The molecule has 4 N–H and O–H groups in total. The molecule has 13 heteroatoms. The highest BCUT2D eigenvalue weighted by Crippen LogP contribution is 2.43. The lowest BCUT2D eigenvalue weighted by atomic mass is 9.81. The Balaban J connectivity index is 1.11. The second-order valence-corrected chi connectivity index (χ2v) is 16.8. The van der Waals surface area contributed by atoms with Crippen LogP contribution in [0.4, 0.5) is 0 Å². The minimum Gasteiger partial charge on any atom is -0.394 e. The fourth-order valence-corrected chi connectivity index (χ4v) is 10.1. The number of hydrogen-bond acceptors (Lipinski definition) is 13. The van der Waals surface area contributed by atoms with Crippen molar-refractivity contribution in [3.05, 3.63) is 24.3 Å². The summed E-state index contributed by atoms with van der Waals surface area (Å²) in [6.45, 7) is 10.4. The average Bonchev–Trinajstić information content (AvgIpc) is 3.76. The Morgan fingerprint density at radius 2 is 1.45 bits per heavy atom. The van der Waals surface area contributed by atoms with Crippen LogP contribution in [0.3, 0.4) is 0 Å². The van der Waals surface area contributed by atoms with Gasteiger partial charge in [-0.3, -0.25) is 9.59 Å². The van der Waals surface area contributed by atoms with Crippen LogP contribution in [0.15, 0.2) is 24.3 Å². The van der Waals surface area contributed by atoms with Gasteiger partial charge in [-0.2, -0.15) is 0 Å². The predicted molar refractivity (Wildman–Crippen MR) is 189 cm³/mol. The van der Waals surface area contributed by atoms with E-state index in [0.29, 0.717) is 32.1 Å². The highest BCUT2D eigenvalue weighted by atomic mass is 16.6. The Labute approximate surface area is 312 Å². The lowest BCUT2D eigenvalue weighted by Crippen LogP contribution is -2.61. The van der Waals surface area contributed by atoms with Crippen LogP contribution in [0.1, 0.15) is 90.4 Å². The van der Waals surface area contributed by atoms with Gasteiger partial charge in [0.2, 0.25) is 0 Å². The van der Waals surface area contributed by atoms with Crippen LogP contribution >= 0.6 is 0 Å². The fourth-order valence-electron chi connectivity index (χ4n) is 10.1. The van der Waals surface area contributed by atoms with Crippen LogP contribution < -0.4 is 0 Å². The van der Waals surface area contributed by atoms with E-state index in [1.165, 1.54) is 0 Å². The molecule has 0 radical (unpaired) electrons. The topological polar surface area (TPSA) is 180 Å². The van der Waals surface area contributed by atoms with Gasteiger partial charge >= 0.3 is 0 Å². The molecule has 298 valence electrons. The van der Waals surface area contributed by atoms with E-state index in [-0.39, 0.29) is 79.9 Å². The average molecular weight is 749 g/mol. The molecule has 7 saturated heterocycles. The number of rotatable bonds is 4. The molecule has 7 heterocycles. The SMILES string of the molecule is C=C1C2C[C@@H]3OC(CC(O)CO)[C@H](OC)C3CC(=O)CC3CCC4OC5C(O[C@H](CC(=O)CCC6CC(=C)[C@H](CCC(C[C@H]1C)O2)O6)C5O)[C@@H](O)[C@H]4O3. The van der Waals surface area contributed by atoms with Crippen LogP contribution in [-0.2, 0) is 42.7 Å². The van der Waals surface area contributed by atoms with Crippen LogP contribution in [-0.4, -0.2) is 143 Å². The van der Waals surface area contributed by atoms with E-state index in [2.05, 4.69) is 20.1 Å². The quantitative estimate of drug-likeness (QED) is 0.308. The standard InChI is InChI=1S/C40H60O13/c1-19-11-26-7-9-29-20(2)12-25(48-29)6-5-22(42)15-33-35(45)39-40(53-33)36(46)38-30(52-39)10-8-27(50-38)13-23(43)14-28-32(17-31(49-26)21(19)3)51-34(37(28)47-4)16-24(44)18-41/h19,24-41,44-46H,2-3,5-18H2,1,4H3/t19-,24?,25?,26?,27?,28?,29+,30?,31?,32+,33-,34?,35?,36+,37-,38+,39?,40?/m1/s1. The molecule has 0 amide bonds. The number of methoxy groups -OCH3 is 1. The van der Waals surface area contributed by atoms with Crippen molar-refractivity contribution in [2.75, 3.05) is 13.7 Å². The number of aliphatic hydroxyl groups excluding tert-OH is 4. The summed E-state index contributed by atoms with van der Waals surface area (Å²) < 4.78 is 44.3. The maximum Gasteiger partial charge on any atom is 0.135 e. The lowest BCUT2D eigenvalue weighted by Gasteiger charge is -2.46. The normalized spacial score (nSPS) is 47.7. The van der Waals surface area contributed by atoms with Gasteiger partial charge in [-0.15, -0.1) is 0 Å². The second-order valence-electron chi connectivity index (χ2n) is 16.8. The molecule has 0 saturated carbocycles. The van der Waals surface area contributed by atoms with Crippen LogP contribution in [0.5, 0.6) is 0 Å². The van der Waals surface area contributed by atoms with Crippen LogP contribution in [0.2, 0.25) is 0 Å². The molecule has 13 nitrogen and oxygen atoms in total. The zero-order valence-corrected chi connectivity index (χ0v) is 31.2. The van der Waals surface area contributed by atoms with Gasteiger partial charge in [0.1, 0.15) is 42.1 Å². The van der Waals surface area contributed by atoms with Crippen molar-refractivity contribution in [2.24, 2.45) is 11.8 Å².